The average molecular weight is 456 g/mol. The van der Waals surface area contributed by atoms with Crippen molar-refractivity contribution in [1.29, 1.82) is 0 Å². The van der Waals surface area contributed by atoms with Crippen molar-refractivity contribution < 1.29 is 9.59 Å². The third-order valence-electron chi connectivity index (χ3n) is 6.88. The summed E-state index contributed by atoms with van der Waals surface area (Å²) in [4.78, 5) is 36.5. The second-order valence-corrected chi connectivity index (χ2v) is 9.20. The summed E-state index contributed by atoms with van der Waals surface area (Å²) >= 11 is 0. The Bertz CT molecular complexity index is 1220. The van der Waals surface area contributed by atoms with Crippen LogP contribution in [0.5, 0.6) is 0 Å². The number of carbonyl (C=O) groups is 2. The fourth-order valence-electron chi connectivity index (χ4n) is 4.79. The fourth-order valence-corrected chi connectivity index (χ4v) is 4.79. The molecule has 0 radical (unpaired) electrons. The number of hydrogen-bond donors (Lipinski definition) is 2. The van der Waals surface area contributed by atoms with E-state index in [0.29, 0.717) is 17.4 Å². The van der Waals surface area contributed by atoms with E-state index in [4.69, 9.17) is 4.98 Å². The van der Waals surface area contributed by atoms with E-state index in [9.17, 15) is 9.59 Å². The predicted molar refractivity (Wildman–Crippen MR) is 133 cm³/mol. The third kappa shape index (κ3) is 4.38. The zero-order valence-electron chi connectivity index (χ0n) is 19.5. The summed E-state index contributed by atoms with van der Waals surface area (Å²) in [6.45, 7) is 5.16. The molecule has 0 spiro atoms. The SMILES string of the molecule is CCC1CCC(C)N(C(=O)c2ccc(Nc3ncc4c(n3)-c3ccccc3NC(=O)C4)cc2)C1. The number of amides is 2. The van der Waals surface area contributed by atoms with Gasteiger partial charge in [-0.1, -0.05) is 31.5 Å². The van der Waals surface area contributed by atoms with E-state index in [0.717, 1.165) is 47.6 Å². The van der Waals surface area contributed by atoms with Gasteiger partial charge in [0.25, 0.3) is 5.91 Å². The molecule has 0 aliphatic carbocycles. The van der Waals surface area contributed by atoms with Crippen LogP contribution in [-0.4, -0.2) is 39.3 Å². The molecule has 2 N–H and O–H groups in total. The first-order valence-corrected chi connectivity index (χ1v) is 11.9. The molecule has 2 amide bonds. The highest BCUT2D eigenvalue weighted by atomic mass is 16.2. The lowest BCUT2D eigenvalue weighted by atomic mass is 9.91. The highest BCUT2D eigenvalue weighted by Crippen LogP contribution is 2.33. The molecular formula is C27H29N5O2. The lowest BCUT2D eigenvalue weighted by Crippen LogP contribution is -2.45. The molecular weight excluding hydrogens is 426 g/mol. The Labute approximate surface area is 199 Å². The second-order valence-electron chi connectivity index (χ2n) is 9.20. The molecule has 3 aromatic rings. The molecule has 7 heteroatoms. The third-order valence-corrected chi connectivity index (χ3v) is 6.88. The largest absolute Gasteiger partial charge is 0.336 e. The first kappa shape index (κ1) is 22.1. The number of hydrogen-bond acceptors (Lipinski definition) is 5. The summed E-state index contributed by atoms with van der Waals surface area (Å²) < 4.78 is 0. The van der Waals surface area contributed by atoms with E-state index >= 15 is 0 Å². The Morgan fingerprint density at radius 2 is 1.94 bits per heavy atom. The molecule has 2 atom stereocenters. The van der Waals surface area contributed by atoms with Gasteiger partial charge >= 0.3 is 0 Å². The van der Waals surface area contributed by atoms with E-state index in [2.05, 4.69) is 29.5 Å². The van der Waals surface area contributed by atoms with Crippen LogP contribution in [0.1, 0.15) is 49.0 Å². The van der Waals surface area contributed by atoms with E-state index in [-0.39, 0.29) is 24.3 Å². The zero-order chi connectivity index (χ0) is 23.7. The molecule has 174 valence electrons. The minimum Gasteiger partial charge on any atom is -0.336 e. The van der Waals surface area contributed by atoms with E-state index < -0.39 is 0 Å². The first-order chi connectivity index (χ1) is 16.5. The number of carbonyl (C=O) groups excluding carboxylic acids is 2. The topological polar surface area (TPSA) is 87.2 Å². The summed E-state index contributed by atoms with van der Waals surface area (Å²) in [7, 11) is 0. The number of nitrogens with zero attached hydrogens (tertiary/aromatic N) is 3. The van der Waals surface area contributed by atoms with Crippen LogP contribution >= 0.6 is 0 Å². The Balaban J connectivity index is 1.35. The summed E-state index contributed by atoms with van der Waals surface area (Å²) in [5.41, 5.74) is 4.63. The minimum atomic E-state index is -0.0796. The number of anilines is 3. The van der Waals surface area contributed by atoms with Crippen LogP contribution in [0.4, 0.5) is 17.3 Å². The Hall–Kier alpha value is -3.74. The van der Waals surface area contributed by atoms with Gasteiger partial charge in [0.2, 0.25) is 11.9 Å². The van der Waals surface area contributed by atoms with E-state index in [1.807, 2.05) is 53.4 Å². The quantitative estimate of drug-likeness (QED) is 0.576. The van der Waals surface area contributed by atoms with Gasteiger partial charge in [0.1, 0.15) is 0 Å². The van der Waals surface area contributed by atoms with E-state index in [1.165, 1.54) is 6.42 Å². The maximum absolute atomic E-state index is 13.1. The van der Waals surface area contributed by atoms with Gasteiger partial charge in [0, 0.05) is 41.2 Å². The Kier molecular flexibility index (Phi) is 6.01. The monoisotopic (exact) mass is 455 g/mol. The number of likely N-dealkylation sites (tertiary alicyclic amines) is 1. The van der Waals surface area contributed by atoms with E-state index in [1.54, 1.807) is 6.20 Å². The average Bonchev–Trinajstić information content (AvgIpc) is 2.99. The van der Waals surface area contributed by atoms with Gasteiger partial charge in [-0.3, -0.25) is 9.59 Å². The van der Waals surface area contributed by atoms with Crippen molar-refractivity contribution in [3.05, 3.63) is 65.9 Å². The maximum Gasteiger partial charge on any atom is 0.254 e. The molecule has 0 bridgehead atoms. The highest BCUT2D eigenvalue weighted by molar-refractivity contribution is 6.00. The zero-order valence-corrected chi connectivity index (χ0v) is 19.5. The Morgan fingerprint density at radius 3 is 2.74 bits per heavy atom. The molecule has 2 aromatic carbocycles. The molecule has 1 saturated heterocycles. The van der Waals surface area contributed by atoms with Gasteiger partial charge < -0.3 is 15.5 Å². The van der Waals surface area contributed by atoms with Crippen molar-refractivity contribution in [1.82, 2.24) is 14.9 Å². The van der Waals surface area contributed by atoms with Crippen molar-refractivity contribution in [2.75, 3.05) is 17.2 Å². The normalized spacial score (nSPS) is 19.5. The van der Waals surface area contributed by atoms with Crippen molar-refractivity contribution in [2.45, 2.75) is 45.6 Å². The van der Waals surface area contributed by atoms with Gasteiger partial charge in [0.05, 0.1) is 17.8 Å². The number of fused-ring (bicyclic) bond motifs is 3. The lowest BCUT2D eigenvalue weighted by Gasteiger charge is -2.38. The van der Waals surface area contributed by atoms with Gasteiger partial charge in [-0.15, -0.1) is 0 Å². The molecule has 5 rings (SSSR count). The van der Waals surface area contributed by atoms with Gasteiger partial charge in [-0.2, -0.15) is 0 Å². The molecule has 7 nitrogen and oxygen atoms in total. The molecule has 0 saturated carbocycles. The van der Waals surface area contributed by atoms with Crippen molar-refractivity contribution >= 4 is 29.1 Å². The second kappa shape index (κ2) is 9.25. The van der Waals surface area contributed by atoms with Crippen LogP contribution in [0.25, 0.3) is 11.3 Å². The summed E-state index contributed by atoms with van der Waals surface area (Å²) in [5, 5.41) is 6.16. The van der Waals surface area contributed by atoms with Crippen molar-refractivity contribution in [3.8, 4) is 11.3 Å². The van der Waals surface area contributed by atoms with Crippen molar-refractivity contribution in [3.63, 3.8) is 0 Å². The number of piperidine rings is 1. The standard InChI is InChI=1S/C27H29N5O2/c1-3-18-9-8-17(2)32(16-18)26(34)19-10-12-21(13-11-19)29-27-28-15-20-14-24(33)30-23-7-5-4-6-22(23)25(20)31-27/h4-7,10-13,15,17-18H,3,8-9,14,16H2,1-2H3,(H,30,33)(H,28,29,31). The van der Waals surface area contributed by atoms with Crippen LogP contribution in [0, 0.1) is 5.92 Å². The van der Waals surface area contributed by atoms with Crippen LogP contribution in [0.2, 0.25) is 0 Å². The van der Waals surface area contributed by atoms with Crippen LogP contribution in [0.15, 0.2) is 54.7 Å². The number of aromatic nitrogens is 2. The van der Waals surface area contributed by atoms with Gasteiger partial charge in [-0.05, 0) is 56.0 Å². The maximum atomic E-state index is 13.1. The smallest absolute Gasteiger partial charge is 0.254 e. The fraction of sp³-hybridized carbons (Fsp3) is 0.333. The van der Waals surface area contributed by atoms with Crippen LogP contribution in [0.3, 0.4) is 0 Å². The van der Waals surface area contributed by atoms with Gasteiger partial charge in [-0.25, -0.2) is 9.97 Å². The summed E-state index contributed by atoms with van der Waals surface area (Å²) in [6.07, 6.45) is 5.29. The minimum absolute atomic E-state index is 0.0796. The molecule has 1 aromatic heterocycles. The number of rotatable bonds is 4. The van der Waals surface area contributed by atoms with Gasteiger partial charge in [0.15, 0.2) is 0 Å². The Morgan fingerprint density at radius 1 is 1.15 bits per heavy atom. The van der Waals surface area contributed by atoms with Crippen LogP contribution in [-0.2, 0) is 11.2 Å². The summed E-state index contributed by atoms with van der Waals surface area (Å²) in [6, 6.07) is 15.4. The number of para-hydroxylation sites is 1. The molecule has 34 heavy (non-hydrogen) atoms. The molecule has 2 aliphatic heterocycles. The summed E-state index contributed by atoms with van der Waals surface area (Å²) in [5.74, 6) is 1.04. The highest BCUT2D eigenvalue weighted by Gasteiger charge is 2.28. The lowest BCUT2D eigenvalue weighted by molar-refractivity contribution is -0.115. The van der Waals surface area contributed by atoms with Crippen LogP contribution < -0.4 is 10.6 Å². The molecule has 3 heterocycles. The molecule has 2 aliphatic rings. The number of benzene rings is 2. The predicted octanol–water partition coefficient (Wildman–Crippen LogP) is 5.03. The molecule has 2 unspecified atom stereocenters. The number of nitrogens with one attached hydrogen (secondary N) is 2. The first-order valence-electron chi connectivity index (χ1n) is 11.9. The molecule has 1 fully saturated rings. The van der Waals surface area contributed by atoms with Crippen molar-refractivity contribution in [2.24, 2.45) is 5.92 Å².